The third-order valence-electron chi connectivity index (χ3n) is 1.87. The maximum absolute atomic E-state index is 4.00. The van der Waals surface area contributed by atoms with Crippen molar-refractivity contribution < 1.29 is 0 Å². The van der Waals surface area contributed by atoms with E-state index in [4.69, 9.17) is 0 Å². The first-order valence-electron chi connectivity index (χ1n) is 4.65. The Kier molecular flexibility index (Phi) is 5.41. The summed E-state index contributed by atoms with van der Waals surface area (Å²) in [5.41, 5.74) is 5.37. The summed E-state index contributed by atoms with van der Waals surface area (Å²) in [4.78, 5) is 0. The first-order valence-corrected chi connectivity index (χ1v) is 4.65. The fraction of sp³-hybridized carbons (Fsp3) is 0.286. The van der Waals surface area contributed by atoms with E-state index in [1.807, 2.05) is 0 Å². The average molecular weight is 186 g/mol. The number of hydrogen-bond acceptors (Lipinski definition) is 0. The molecule has 0 amide bonds. The highest BCUT2D eigenvalue weighted by Gasteiger charge is 1.93. The Balaban J connectivity index is 0.000000791. The second-order valence-electron chi connectivity index (χ2n) is 3.58. The van der Waals surface area contributed by atoms with Crippen molar-refractivity contribution in [1.29, 1.82) is 0 Å². The van der Waals surface area contributed by atoms with Crippen LogP contribution in [-0.2, 0) is 0 Å². The molecule has 1 aromatic rings. The fourth-order valence-corrected chi connectivity index (χ4v) is 1.30. The Morgan fingerprint density at radius 3 is 2.14 bits per heavy atom. The van der Waals surface area contributed by atoms with Gasteiger partial charge in [-0.1, -0.05) is 35.4 Å². The first-order chi connectivity index (χ1) is 6.59. The fourth-order valence-electron chi connectivity index (χ4n) is 1.30. The van der Waals surface area contributed by atoms with Crippen LogP contribution >= 0.6 is 0 Å². The van der Waals surface area contributed by atoms with Gasteiger partial charge in [-0.15, -0.1) is 12.8 Å². The van der Waals surface area contributed by atoms with Crippen LogP contribution in [0.4, 0.5) is 0 Å². The molecule has 0 fully saturated rings. The van der Waals surface area contributed by atoms with E-state index in [2.05, 4.69) is 64.8 Å². The Hall–Kier alpha value is -1.48. The molecular weight excluding hydrogens is 168 g/mol. The van der Waals surface area contributed by atoms with Crippen LogP contribution in [0.25, 0.3) is 6.08 Å². The van der Waals surface area contributed by atoms with E-state index in [-0.39, 0.29) is 0 Å². The van der Waals surface area contributed by atoms with Crippen molar-refractivity contribution in [2.45, 2.75) is 27.7 Å². The second-order valence-corrected chi connectivity index (χ2v) is 3.58. The third kappa shape index (κ3) is 3.96. The molecule has 0 radical (unpaired) electrons. The van der Waals surface area contributed by atoms with E-state index < -0.39 is 0 Å². The van der Waals surface area contributed by atoms with Gasteiger partial charge in [0.2, 0.25) is 0 Å². The van der Waals surface area contributed by atoms with Crippen molar-refractivity contribution in [3.8, 4) is 12.8 Å². The van der Waals surface area contributed by atoms with E-state index in [1.165, 1.54) is 22.3 Å². The number of hydrogen-bond donors (Lipinski definition) is 0. The second kappa shape index (κ2) is 6.05. The SMILES string of the molecule is C#C.CC(C)=Cc1ccc(C)cc1C. The van der Waals surface area contributed by atoms with Crippen LogP contribution in [0.5, 0.6) is 0 Å². The standard InChI is InChI=1S/C12H16.C2H2/c1-9(2)7-12-6-5-10(3)8-11(12)4;1-2/h5-8H,1-4H3;1-2H. The van der Waals surface area contributed by atoms with Gasteiger partial charge >= 0.3 is 0 Å². The van der Waals surface area contributed by atoms with Crippen molar-refractivity contribution in [1.82, 2.24) is 0 Å². The molecule has 0 aliphatic rings. The summed E-state index contributed by atoms with van der Waals surface area (Å²) in [5.74, 6) is 0. The van der Waals surface area contributed by atoms with Crippen LogP contribution < -0.4 is 0 Å². The Bertz CT molecular complexity index is 336. The topological polar surface area (TPSA) is 0 Å². The van der Waals surface area contributed by atoms with Gasteiger partial charge in [0, 0.05) is 0 Å². The van der Waals surface area contributed by atoms with Crippen LogP contribution in [0.1, 0.15) is 30.5 Å². The van der Waals surface area contributed by atoms with E-state index in [0.29, 0.717) is 0 Å². The lowest BCUT2D eigenvalue weighted by Gasteiger charge is -2.02. The van der Waals surface area contributed by atoms with Crippen LogP contribution in [0.3, 0.4) is 0 Å². The Morgan fingerprint density at radius 2 is 1.71 bits per heavy atom. The minimum atomic E-state index is 1.33. The van der Waals surface area contributed by atoms with Gasteiger partial charge in [0.05, 0.1) is 0 Å². The van der Waals surface area contributed by atoms with E-state index in [1.54, 1.807) is 0 Å². The first kappa shape index (κ1) is 12.5. The van der Waals surface area contributed by atoms with Crippen molar-refractivity contribution in [2.75, 3.05) is 0 Å². The molecule has 0 bridgehead atoms. The van der Waals surface area contributed by atoms with Crippen LogP contribution in [0.2, 0.25) is 0 Å². The van der Waals surface area contributed by atoms with Crippen molar-refractivity contribution in [2.24, 2.45) is 0 Å². The van der Waals surface area contributed by atoms with Crippen molar-refractivity contribution in [3.05, 3.63) is 40.5 Å². The largest absolute Gasteiger partial charge is 0.124 e. The normalized spacial score (nSPS) is 8.43. The maximum Gasteiger partial charge on any atom is -0.0228 e. The molecule has 0 spiro atoms. The molecule has 74 valence electrons. The summed E-state index contributed by atoms with van der Waals surface area (Å²) in [7, 11) is 0. The van der Waals surface area contributed by atoms with Gasteiger partial charge in [-0.2, -0.15) is 0 Å². The molecule has 0 aliphatic carbocycles. The molecule has 0 aliphatic heterocycles. The average Bonchev–Trinajstić information content (AvgIpc) is 2.13. The third-order valence-corrected chi connectivity index (χ3v) is 1.87. The summed E-state index contributed by atoms with van der Waals surface area (Å²) >= 11 is 0. The molecule has 1 aromatic carbocycles. The van der Waals surface area contributed by atoms with Gasteiger partial charge in [0.25, 0.3) is 0 Å². The number of aryl methyl sites for hydroxylation is 2. The molecule has 0 heteroatoms. The lowest BCUT2D eigenvalue weighted by atomic mass is 10.0. The molecule has 1 rings (SSSR count). The van der Waals surface area contributed by atoms with Gasteiger partial charge in [0.15, 0.2) is 0 Å². The zero-order chi connectivity index (χ0) is 11.1. The molecule has 0 N–H and O–H groups in total. The number of allylic oxidation sites excluding steroid dienone is 1. The molecule has 0 nitrogen and oxygen atoms in total. The highest BCUT2D eigenvalue weighted by Crippen LogP contribution is 2.13. The monoisotopic (exact) mass is 186 g/mol. The Labute approximate surface area is 87.7 Å². The van der Waals surface area contributed by atoms with E-state index in [9.17, 15) is 0 Å². The number of rotatable bonds is 1. The molecule has 0 saturated heterocycles. The predicted octanol–water partition coefficient (Wildman–Crippen LogP) is 3.98. The molecule has 0 saturated carbocycles. The smallest absolute Gasteiger partial charge is 0.0228 e. The molecule has 14 heavy (non-hydrogen) atoms. The summed E-state index contributed by atoms with van der Waals surface area (Å²) < 4.78 is 0. The maximum atomic E-state index is 4.00. The van der Waals surface area contributed by atoms with Gasteiger partial charge in [-0.3, -0.25) is 0 Å². The highest BCUT2D eigenvalue weighted by molar-refractivity contribution is 5.56. The molecular formula is C14H18. The minimum absolute atomic E-state index is 1.33. The summed E-state index contributed by atoms with van der Waals surface area (Å²) in [5, 5.41) is 0. The highest BCUT2D eigenvalue weighted by atomic mass is 14.0. The lowest BCUT2D eigenvalue weighted by Crippen LogP contribution is -1.82. The zero-order valence-corrected chi connectivity index (χ0v) is 9.46. The van der Waals surface area contributed by atoms with Crippen molar-refractivity contribution in [3.63, 3.8) is 0 Å². The summed E-state index contributed by atoms with van der Waals surface area (Å²) in [6.07, 6.45) is 10.2. The number of benzene rings is 1. The quantitative estimate of drug-likeness (QED) is 0.582. The van der Waals surface area contributed by atoms with Gasteiger partial charge < -0.3 is 0 Å². The summed E-state index contributed by atoms with van der Waals surface area (Å²) in [6, 6.07) is 6.55. The predicted molar refractivity (Wildman–Crippen MR) is 65.1 cm³/mol. The van der Waals surface area contributed by atoms with E-state index >= 15 is 0 Å². The van der Waals surface area contributed by atoms with Crippen LogP contribution in [0.15, 0.2) is 23.8 Å². The number of terminal acetylenes is 1. The van der Waals surface area contributed by atoms with E-state index in [0.717, 1.165) is 0 Å². The Morgan fingerprint density at radius 1 is 1.14 bits per heavy atom. The van der Waals surface area contributed by atoms with Crippen molar-refractivity contribution >= 4 is 6.08 Å². The minimum Gasteiger partial charge on any atom is -0.124 e. The molecule has 0 atom stereocenters. The molecule has 0 aromatic heterocycles. The molecule has 0 heterocycles. The van der Waals surface area contributed by atoms with Crippen LogP contribution in [0, 0.1) is 26.7 Å². The van der Waals surface area contributed by atoms with Crippen LogP contribution in [-0.4, -0.2) is 0 Å². The van der Waals surface area contributed by atoms with Gasteiger partial charge in [0.1, 0.15) is 0 Å². The molecule has 0 unspecified atom stereocenters. The summed E-state index contributed by atoms with van der Waals surface area (Å²) in [6.45, 7) is 8.53. The van der Waals surface area contributed by atoms with Gasteiger partial charge in [-0.05, 0) is 38.8 Å². The lowest BCUT2D eigenvalue weighted by molar-refractivity contribution is 1.35. The van der Waals surface area contributed by atoms with Gasteiger partial charge in [-0.25, -0.2) is 0 Å². The zero-order valence-electron chi connectivity index (χ0n) is 9.46.